The van der Waals surface area contributed by atoms with Gasteiger partial charge in [-0.25, -0.2) is 4.68 Å². The summed E-state index contributed by atoms with van der Waals surface area (Å²) in [5, 5.41) is 9.84. The van der Waals surface area contributed by atoms with E-state index in [9.17, 15) is 10.1 Å². The molecule has 5 nitrogen and oxygen atoms in total. The van der Waals surface area contributed by atoms with Crippen LogP contribution in [0.15, 0.2) is 53.3 Å². The SMILES string of the molecule is COc1ccc(-n2c(=O)c3ccccc3n2C#N)cc1. The minimum Gasteiger partial charge on any atom is -0.497 e. The third-order valence-corrected chi connectivity index (χ3v) is 3.17. The number of fused-ring (bicyclic) bond motifs is 1. The van der Waals surface area contributed by atoms with E-state index >= 15 is 0 Å². The summed E-state index contributed by atoms with van der Waals surface area (Å²) in [4.78, 5) is 12.4. The summed E-state index contributed by atoms with van der Waals surface area (Å²) < 4.78 is 7.73. The minimum atomic E-state index is -0.215. The van der Waals surface area contributed by atoms with Gasteiger partial charge in [0.25, 0.3) is 5.56 Å². The lowest BCUT2D eigenvalue weighted by Gasteiger charge is -2.06. The van der Waals surface area contributed by atoms with E-state index in [0.717, 1.165) is 0 Å². The smallest absolute Gasteiger partial charge is 0.280 e. The molecule has 0 fully saturated rings. The van der Waals surface area contributed by atoms with Gasteiger partial charge in [-0.1, -0.05) is 12.1 Å². The Morgan fingerprint density at radius 1 is 1.10 bits per heavy atom. The number of ether oxygens (including phenoxy) is 1. The van der Waals surface area contributed by atoms with Crippen LogP contribution in [-0.4, -0.2) is 16.5 Å². The van der Waals surface area contributed by atoms with Gasteiger partial charge in [0.05, 0.1) is 23.7 Å². The number of nitrogens with zero attached hydrogens (tertiary/aromatic N) is 3. The van der Waals surface area contributed by atoms with Gasteiger partial charge in [0.1, 0.15) is 5.75 Å². The molecule has 0 aliphatic carbocycles. The molecule has 98 valence electrons. The van der Waals surface area contributed by atoms with Gasteiger partial charge in [0.15, 0.2) is 0 Å². The fourth-order valence-electron chi connectivity index (χ4n) is 2.21. The van der Waals surface area contributed by atoms with Gasteiger partial charge in [-0.15, -0.1) is 0 Å². The van der Waals surface area contributed by atoms with Crippen LogP contribution in [0.1, 0.15) is 0 Å². The van der Waals surface area contributed by atoms with Crippen molar-refractivity contribution in [1.82, 2.24) is 9.36 Å². The Morgan fingerprint density at radius 2 is 1.80 bits per heavy atom. The summed E-state index contributed by atoms with van der Waals surface area (Å²) in [6.45, 7) is 0. The summed E-state index contributed by atoms with van der Waals surface area (Å²) in [6.07, 6.45) is 2.03. The first-order valence-corrected chi connectivity index (χ1v) is 6.03. The lowest BCUT2D eigenvalue weighted by atomic mass is 10.2. The molecular weight excluding hydrogens is 254 g/mol. The first-order valence-electron chi connectivity index (χ1n) is 6.03. The van der Waals surface area contributed by atoms with E-state index in [2.05, 4.69) is 0 Å². The van der Waals surface area contributed by atoms with Gasteiger partial charge in [-0.2, -0.15) is 9.94 Å². The Labute approximate surface area is 114 Å². The zero-order chi connectivity index (χ0) is 14.1. The van der Waals surface area contributed by atoms with Crippen LogP contribution in [0.3, 0.4) is 0 Å². The molecule has 20 heavy (non-hydrogen) atoms. The molecule has 0 atom stereocenters. The minimum absolute atomic E-state index is 0.215. The van der Waals surface area contributed by atoms with E-state index in [1.54, 1.807) is 55.6 Å². The second kappa shape index (κ2) is 4.59. The van der Waals surface area contributed by atoms with E-state index in [0.29, 0.717) is 22.3 Å². The van der Waals surface area contributed by atoms with Crippen molar-refractivity contribution in [3.05, 3.63) is 58.9 Å². The van der Waals surface area contributed by atoms with Gasteiger partial charge >= 0.3 is 0 Å². The Balaban J connectivity index is 2.33. The molecule has 0 saturated heterocycles. The van der Waals surface area contributed by atoms with E-state index in [1.165, 1.54) is 9.36 Å². The van der Waals surface area contributed by atoms with Crippen LogP contribution in [-0.2, 0) is 0 Å². The first kappa shape index (κ1) is 12.1. The second-order valence-electron chi connectivity index (χ2n) is 4.24. The number of nitriles is 1. The van der Waals surface area contributed by atoms with Crippen molar-refractivity contribution in [2.24, 2.45) is 0 Å². The van der Waals surface area contributed by atoms with Gasteiger partial charge in [0.2, 0.25) is 6.19 Å². The molecule has 0 saturated carbocycles. The Morgan fingerprint density at radius 3 is 2.45 bits per heavy atom. The van der Waals surface area contributed by atoms with Gasteiger partial charge < -0.3 is 4.74 Å². The highest BCUT2D eigenvalue weighted by Gasteiger charge is 2.13. The average Bonchev–Trinajstić information content (AvgIpc) is 2.80. The van der Waals surface area contributed by atoms with Crippen molar-refractivity contribution in [2.75, 3.05) is 7.11 Å². The van der Waals surface area contributed by atoms with Crippen LogP contribution in [0.25, 0.3) is 16.6 Å². The summed E-state index contributed by atoms with van der Waals surface area (Å²) in [5.74, 6) is 0.696. The number of hydrogen-bond donors (Lipinski definition) is 0. The van der Waals surface area contributed by atoms with E-state index in [-0.39, 0.29) is 5.56 Å². The third-order valence-electron chi connectivity index (χ3n) is 3.17. The highest BCUT2D eigenvalue weighted by atomic mass is 16.5. The van der Waals surface area contributed by atoms with Crippen molar-refractivity contribution in [3.63, 3.8) is 0 Å². The molecule has 0 unspecified atom stereocenters. The van der Waals surface area contributed by atoms with Gasteiger partial charge in [0, 0.05) is 0 Å². The molecule has 0 aliphatic heterocycles. The predicted octanol–water partition coefficient (Wildman–Crippen LogP) is 2.13. The lowest BCUT2D eigenvalue weighted by molar-refractivity contribution is 0.414. The molecule has 2 aromatic carbocycles. The Hall–Kier alpha value is -3.00. The van der Waals surface area contributed by atoms with Crippen LogP contribution in [0.4, 0.5) is 0 Å². The maximum atomic E-state index is 12.4. The topological polar surface area (TPSA) is 59.9 Å². The van der Waals surface area contributed by atoms with E-state index < -0.39 is 0 Å². The number of para-hydroxylation sites is 1. The summed E-state index contributed by atoms with van der Waals surface area (Å²) in [7, 11) is 1.58. The molecule has 3 aromatic rings. The van der Waals surface area contributed by atoms with Crippen molar-refractivity contribution in [1.29, 1.82) is 5.26 Å². The number of benzene rings is 2. The molecule has 0 amide bonds. The van der Waals surface area contributed by atoms with Crippen LogP contribution < -0.4 is 10.3 Å². The summed E-state index contributed by atoms with van der Waals surface area (Å²) in [5.41, 5.74) is 0.997. The molecule has 1 heterocycles. The molecule has 0 N–H and O–H groups in total. The average molecular weight is 265 g/mol. The third kappa shape index (κ3) is 1.67. The molecule has 0 radical (unpaired) electrons. The standard InChI is InChI=1S/C15H11N3O2/c1-20-12-8-6-11(7-9-12)18-15(19)13-4-2-3-5-14(13)17(18)10-16/h2-9H,1H3. The fourth-order valence-corrected chi connectivity index (χ4v) is 2.21. The Bertz CT molecular complexity index is 867. The van der Waals surface area contributed by atoms with Crippen molar-refractivity contribution >= 4 is 10.9 Å². The van der Waals surface area contributed by atoms with E-state index in [4.69, 9.17) is 4.74 Å². The number of aromatic nitrogens is 2. The quantitative estimate of drug-likeness (QED) is 0.713. The zero-order valence-corrected chi connectivity index (χ0v) is 10.8. The van der Waals surface area contributed by atoms with Crippen LogP contribution in [0, 0.1) is 11.5 Å². The van der Waals surface area contributed by atoms with Crippen LogP contribution in [0.5, 0.6) is 5.75 Å². The molecule has 0 spiro atoms. The monoisotopic (exact) mass is 265 g/mol. The largest absolute Gasteiger partial charge is 0.497 e. The van der Waals surface area contributed by atoms with E-state index in [1.807, 2.05) is 6.19 Å². The van der Waals surface area contributed by atoms with Gasteiger partial charge in [-0.05, 0) is 36.4 Å². The van der Waals surface area contributed by atoms with Crippen molar-refractivity contribution in [3.8, 4) is 17.6 Å². The predicted molar refractivity (Wildman–Crippen MR) is 75.1 cm³/mol. The van der Waals surface area contributed by atoms with Crippen LogP contribution in [0.2, 0.25) is 0 Å². The van der Waals surface area contributed by atoms with Crippen LogP contribution >= 0.6 is 0 Å². The number of rotatable bonds is 2. The lowest BCUT2D eigenvalue weighted by Crippen LogP contribution is -2.19. The fraction of sp³-hybridized carbons (Fsp3) is 0.0667. The maximum Gasteiger partial charge on any atom is 0.280 e. The maximum absolute atomic E-state index is 12.4. The van der Waals surface area contributed by atoms with Crippen molar-refractivity contribution < 1.29 is 4.74 Å². The zero-order valence-electron chi connectivity index (χ0n) is 10.8. The summed E-state index contributed by atoms with van der Waals surface area (Å²) >= 11 is 0. The Kier molecular flexibility index (Phi) is 2.77. The number of hydrogen-bond acceptors (Lipinski definition) is 3. The second-order valence-corrected chi connectivity index (χ2v) is 4.24. The molecule has 0 bridgehead atoms. The van der Waals surface area contributed by atoms with Crippen molar-refractivity contribution in [2.45, 2.75) is 0 Å². The molecular formula is C15H11N3O2. The molecule has 1 aromatic heterocycles. The molecule has 0 aliphatic rings. The molecule has 3 rings (SSSR count). The number of methoxy groups -OCH3 is 1. The highest BCUT2D eigenvalue weighted by molar-refractivity contribution is 5.79. The normalized spacial score (nSPS) is 10.4. The van der Waals surface area contributed by atoms with Gasteiger partial charge in [-0.3, -0.25) is 4.79 Å². The first-order chi connectivity index (χ1) is 9.76. The highest BCUT2D eigenvalue weighted by Crippen LogP contribution is 2.17. The summed E-state index contributed by atoms with van der Waals surface area (Å²) in [6, 6.07) is 14.0. The molecule has 5 heteroatoms.